The van der Waals surface area contributed by atoms with E-state index in [1.807, 2.05) is 0 Å². The molecule has 0 amide bonds. The molecule has 0 aliphatic rings. The topological polar surface area (TPSA) is 118 Å². The lowest BCUT2D eigenvalue weighted by Crippen LogP contribution is -2.35. The van der Waals surface area contributed by atoms with Crippen LogP contribution in [-0.2, 0) is 15.8 Å². The van der Waals surface area contributed by atoms with Gasteiger partial charge in [0.1, 0.15) is 11.6 Å². The lowest BCUT2D eigenvalue weighted by atomic mass is 9.98. The summed E-state index contributed by atoms with van der Waals surface area (Å²) in [5.74, 6) is -0.559. The number of anilines is 1. The second kappa shape index (κ2) is 8.64. The number of aliphatic hydroxyl groups is 1. The molecule has 0 radical (unpaired) electrons. The molecule has 2 aromatic carbocycles. The third kappa shape index (κ3) is 5.14. The van der Waals surface area contributed by atoms with Crippen molar-refractivity contribution in [2.24, 2.45) is 0 Å². The minimum Gasteiger partial charge on any atom is -0.395 e. The van der Waals surface area contributed by atoms with E-state index in [0.717, 1.165) is 0 Å². The summed E-state index contributed by atoms with van der Waals surface area (Å²) in [6.45, 7) is 1.26. The minimum atomic E-state index is -3.68. The number of hydrogen-bond acceptors (Lipinski definition) is 6. The molecule has 3 rings (SSSR count). The highest BCUT2D eigenvalue weighted by atomic mass is 32.2. The van der Waals surface area contributed by atoms with Crippen molar-refractivity contribution in [1.29, 1.82) is 0 Å². The molecule has 1 aromatic heterocycles. The molecule has 0 fully saturated rings. The van der Waals surface area contributed by atoms with Crippen LogP contribution in [0.15, 0.2) is 54.9 Å². The largest absolute Gasteiger partial charge is 0.395 e. The maximum absolute atomic E-state index is 14.8. The summed E-state index contributed by atoms with van der Waals surface area (Å²) in [5.41, 5.74) is 7.79. The van der Waals surface area contributed by atoms with Gasteiger partial charge in [0, 0.05) is 11.6 Å². The third-order valence-corrected chi connectivity index (χ3v) is 5.70. The van der Waals surface area contributed by atoms with Crippen molar-refractivity contribution < 1.29 is 17.9 Å². The fraction of sp³-hybridized carbons (Fsp3) is 0.200. The summed E-state index contributed by atoms with van der Waals surface area (Å²) in [6, 6.07) is 10.9. The first-order valence-electron chi connectivity index (χ1n) is 8.85. The molecule has 1 atom stereocenters. The second-order valence-corrected chi connectivity index (χ2v) is 8.39. The van der Waals surface area contributed by atoms with Crippen molar-refractivity contribution in [3.8, 4) is 22.4 Å². The van der Waals surface area contributed by atoms with Gasteiger partial charge in [0.25, 0.3) is 0 Å². The molecule has 9 heteroatoms. The molecule has 0 saturated heterocycles. The van der Waals surface area contributed by atoms with Crippen LogP contribution < -0.4 is 10.5 Å². The van der Waals surface area contributed by atoms with Crippen LogP contribution >= 0.6 is 0 Å². The molecular formula is C20H21FN4O3S. The van der Waals surface area contributed by atoms with Crippen molar-refractivity contribution in [2.75, 3.05) is 12.3 Å². The maximum Gasteiger partial charge on any atom is 0.216 e. The van der Waals surface area contributed by atoms with E-state index in [2.05, 4.69) is 14.7 Å². The molecule has 4 N–H and O–H groups in total. The Morgan fingerprint density at radius 2 is 1.90 bits per heavy atom. The van der Waals surface area contributed by atoms with Gasteiger partial charge in [-0.15, -0.1) is 0 Å². The minimum absolute atomic E-state index is 0.241. The van der Waals surface area contributed by atoms with Crippen molar-refractivity contribution in [2.45, 2.75) is 18.7 Å². The molecule has 0 aliphatic heterocycles. The van der Waals surface area contributed by atoms with Gasteiger partial charge >= 0.3 is 0 Å². The highest BCUT2D eigenvalue weighted by Gasteiger charge is 2.18. The third-order valence-electron chi connectivity index (χ3n) is 4.25. The number of aliphatic hydroxyl groups excluding tert-OH is 1. The first-order chi connectivity index (χ1) is 13.8. The maximum atomic E-state index is 14.8. The Kier molecular flexibility index (Phi) is 6.21. The lowest BCUT2D eigenvalue weighted by molar-refractivity contribution is 0.265. The van der Waals surface area contributed by atoms with Gasteiger partial charge in [-0.05, 0) is 35.7 Å². The summed E-state index contributed by atoms with van der Waals surface area (Å²) in [5, 5.41) is 9.08. The van der Waals surface area contributed by atoms with Crippen LogP contribution in [0.25, 0.3) is 22.4 Å². The van der Waals surface area contributed by atoms with Crippen LogP contribution in [0, 0.1) is 5.82 Å². The van der Waals surface area contributed by atoms with E-state index in [1.165, 1.54) is 18.5 Å². The van der Waals surface area contributed by atoms with Crippen LogP contribution in [0.4, 0.5) is 10.2 Å². The predicted octanol–water partition coefficient (Wildman–Crippen LogP) is 2.33. The Hall–Kier alpha value is -2.88. The smallest absolute Gasteiger partial charge is 0.216 e. The van der Waals surface area contributed by atoms with Gasteiger partial charge in [0.05, 0.1) is 30.4 Å². The second-order valence-electron chi connectivity index (χ2n) is 6.64. The number of hydrogen-bond donors (Lipinski definition) is 3. The standard InChI is InChI=1S/C20H21FN4O3S/c1-13(11-26)25-29(27,28)12-15-4-2-3-5-16(15)14-6-7-17(18(21)8-14)19-9-24-20(22)10-23-19/h2-10,13,25-26H,11-12H2,1H3,(H2,22,24). The summed E-state index contributed by atoms with van der Waals surface area (Å²) in [7, 11) is -3.68. The van der Waals surface area contributed by atoms with E-state index >= 15 is 0 Å². The molecule has 1 unspecified atom stereocenters. The van der Waals surface area contributed by atoms with E-state index in [-0.39, 0.29) is 23.7 Å². The Morgan fingerprint density at radius 3 is 2.55 bits per heavy atom. The van der Waals surface area contributed by atoms with E-state index in [1.54, 1.807) is 43.3 Å². The van der Waals surface area contributed by atoms with Gasteiger partial charge in [0.2, 0.25) is 10.0 Å². The number of nitrogen functional groups attached to an aromatic ring is 1. The molecule has 1 heterocycles. The Balaban J connectivity index is 1.94. The molecule has 0 spiro atoms. The van der Waals surface area contributed by atoms with Crippen LogP contribution in [-0.4, -0.2) is 36.1 Å². The Morgan fingerprint density at radius 1 is 1.14 bits per heavy atom. The number of aromatic nitrogens is 2. The average molecular weight is 416 g/mol. The molecule has 0 bridgehead atoms. The Labute approximate surface area is 168 Å². The molecule has 152 valence electrons. The van der Waals surface area contributed by atoms with Crippen molar-refractivity contribution in [3.05, 3.63) is 66.2 Å². The first kappa shape index (κ1) is 20.8. The van der Waals surface area contributed by atoms with Gasteiger partial charge < -0.3 is 10.8 Å². The van der Waals surface area contributed by atoms with Gasteiger partial charge in [-0.25, -0.2) is 22.5 Å². The van der Waals surface area contributed by atoms with E-state index in [0.29, 0.717) is 22.4 Å². The summed E-state index contributed by atoms with van der Waals surface area (Å²) < 4.78 is 41.9. The zero-order valence-electron chi connectivity index (χ0n) is 15.7. The number of halogens is 1. The lowest BCUT2D eigenvalue weighted by Gasteiger charge is -2.14. The van der Waals surface area contributed by atoms with Gasteiger partial charge in [-0.3, -0.25) is 4.98 Å². The molecule has 7 nitrogen and oxygen atoms in total. The van der Waals surface area contributed by atoms with E-state index < -0.39 is 21.9 Å². The SMILES string of the molecule is CC(CO)NS(=O)(=O)Cc1ccccc1-c1ccc(-c2cnc(N)cn2)c(F)c1. The van der Waals surface area contributed by atoms with Crippen LogP contribution in [0.5, 0.6) is 0 Å². The highest BCUT2D eigenvalue weighted by Crippen LogP contribution is 2.29. The molecule has 0 aliphatic carbocycles. The summed E-state index contributed by atoms with van der Waals surface area (Å²) >= 11 is 0. The number of nitrogens with zero attached hydrogens (tertiary/aromatic N) is 2. The quantitative estimate of drug-likeness (QED) is 0.544. The van der Waals surface area contributed by atoms with Crippen molar-refractivity contribution >= 4 is 15.8 Å². The van der Waals surface area contributed by atoms with Crippen molar-refractivity contribution in [3.63, 3.8) is 0 Å². The molecule has 0 saturated carbocycles. The first-order valence-corrected chi connectivity index (χ1v) is 10.5. The fourth-order valence-electron chi connectivity index (χ4n) is 2.89. The number of nitrogens with two attached hydrogens (primary N) is 1. The van der Waals surface area contributed by atoms with E-state index in [4.69, 9.17) is 10.8 Å². The van der Waals surface area contributed by atoms with Gasteiger partial charge in [0.15, 0.2) is 0 Å². The predicted molar refractivity (Wildman–Crippen MR) is 110 cm³/mol. The molecular weight excluding hydrogens is 395 g/mol. The van der Waals surface area contributed by atoms with Crippen molar-refractivity contribution in [1.82, 2.24) is 14.7 Å². The average Bonchev–Trinajstić information content (AvgIpc) is 2.68. The van der Waals surface area contributed by atoms with E-state index in [9.17, 15) is 12.8 Å². The fourth-order valence-corrected chi connectivity index (χ4v) is 4.32. The monoisotopic (exact) mass is 416 g/mol. The zero-order valence-corrected chi connectivity index (χ0v) is 16.5. The summed E-state index contributed by atoms with van der Waals surface area (Å²) in [6.07, 6.45) is 2.74. The number of nitrogens with one attached hydrogen (secondary N) is 1. The zero-order chi connectivity index (χ0) is 21.0. The van der Waals surface area contributed by atoms with Crippen LogP contribution in [0.1, 0.15) is 12.5 Å². The number of benzene rings is 2. The van der Waals surface area contributed by atoms with Gasteiger partial charge in [-0.2, -0.15) is 0 Å². The number of sulfonamides is 1. The van der Waals surface area contributed by atoms with Crippen LogP contribution in [0.2, 0.25) is 0 Å². The number of rotatable bonds is 7. The van der Waals surface area contributed by atoms with Crippen LogP contribution in [0.3, 0.4) is 0 Å². The normalized spacial score (nSPS) is 12.7. The Bertz CT molecular complexity index is 1100. The molecule has 29 heavy (non-hydrogen) atoms. The highest BCUT2D eigenvalue weighted by molar-refractivity contribution is 7.88. The summed E-state index contributed by atoms with van der Waals surface area (Å²) in [4.78, 5) is 8.00. The molecule has 3 aromatic rings. The van der Waals surface area contributed by atoms with Gasteiger partial charge in [-0.1, -0.05) is 30.3 Å².